The van der Waals surface area contributed by atoms with Crippen LogP contribution in [-0.2, 0) is 0 Å². The molecule has 0 saturated heterocycles. The fourth-order valence-corrected chi connectivity index (χ4v) is 1.86. The average molecular weight is 234 g/mol. The smallest absolute Gasteiger partial charge is 0.269 e. The van der Waals surface area contributed by atoms with Gasteiger partial charge in [0.25, 0.3) is 5.91 Å². The van der Waals surface area contributed by atoms with Gasteiger partial charge in [-0.2, -0.15) is 0 Å². The molecule has 94 valence electrons. The molecule has 1 N–H and O–H groups in total. The van der Waals surface area contributed by atoms with Crippen LogP contribution in [-0.4, -0.2) is 17.4 Å². The molecular weight excluding hydrogens is 212 g/mol. The fourth-order valence-electron chi connectivity index (χ4n) is 1.86. The second-order valence-corrected chi connectivity index (χ2v) is 4.56. The number of hydrogen-bond acceptors (Lipinski definition) is 2. The maximum Gasteiger partial charge on any atom is 0.269 e. The Bertz CT molecular complexity index is 364. The third-order valence-electron chi connectivity index (χ3n) is 3.04. The van der Waals surface area contributed by atoms with Gasteiger partial charge in [-0.15, -0.1) is 0 Å². The molecule has 3 nitrogen and oxygen atoms in total. The molecule has 0 spiro atoms. The van der Waals surface area contributed by atoms with Gasteiger partial charge in [0.2, 0.25) is 0 Å². The van der Waals surface area contributed by atoms with E-state index in [1.54, 1.807) is 0 Å². The van der Waals surface area contributed by atoms with Crippen LogP contribution in [0.3, 0.4) is 0 Å². The Morgan fingerprint density at radius 3 is 2.47 bits per heavy atom. The van der Waals surface area contributed by atoms with Gasteiger partial charge in [0.15, 0.2) is 0 Å². The molecule has 0 bridgehead atoms. The summed E-state index contributed by atoms with van der Waals surface area (Å²) in [5.74, 6) is 0.494. The van der Waals surface area contributed by atoms with E-state index in [9.17, 15) is 4.79 Å². The number of hydrogen-bond donors (Lipinski definition) is 1. The molecule has 1 aromatic rings. The summed E-state index contributed by atoms with van der Waals surface area (Å²) in [4.78, 5) is 16.2. The van der Waals surface area contributed by atoms with Crippen LogP contribution in [0, 0.1) is 19.8 Å². The molecule has 3 heteroatoms. The lowest BCUT2D eigenvalue weighted by molar-refractivity contribution is 0.0941. The monoisotopic (exact) mass is 234 g/mol. The molecule has 0 radical (unpaired) electrons. The molecule has 1 heterocycles. The van der Waals surface area contributed by atoms with Crippen LogP contribution >= 0.6 is 0 Å². The number of aromatic nitrogens is 1. The molecule has 1 rings (SSSR count). The number of carbonyl (C=O) groups excluding carboxylic acids is 1. The highest BCUT2D eigenvalue weighted by Gasteiger charge is 2.10. The standard InChI is InChI=1S/C14H22N2O/c1-5-12(6-2)9-15-14(17)13-8-10(3)7-11(4)16-13/h7-8,12H,5-6,9H2,1-4H3,(H,15,17). The van der Waals surface area contributed by atoms with Crippen LogP contribution in [0.15, 0.2) is 12.1 Å². The fraction of sp³-hybridized carbons (Fsp3) is 0.571. The van der Waals surface area contributed by atoms with Gasteiger partial charge in [0.1, 0.15) is 5.69 Å². The summed E-state index contributed by atoms with van der Waals surface area (Å²) >= 11 is 0. The molecule has 1 aromatic heterocycles. The van der Waals surface area contributed by atoms with E-state index >= 15 is 0 Å². The lowest BCUT2D eigenvalue weighted by Gasteiger charge is -2.13. The minimum Gasteiger partial charge on any atom is -0.350 e. The van der Waals surface area contributed by atoms with E-state index in [2.05, 4.69) is 24.1 Å². The number of rotatable bonds is 5. The van der Waals surface area contributed by atoms with Gasteiger partial charge in [-0.05, 0) is 37.5 Å². The third-order valence-corrected chi connectivity index (χ3v) is 3.04. The normalized spacial score (nSPS) is 10.6. The maximum atomic E-state index is 11.9. The van der Waals surface area contributed by atoms with Crippen molar-refractivity contribution in [3.8, 4) is 0 Å². The molecule has 0 saturated carbocycles. The quantitative estimate of drug-likeness (QED) is 0.851. The van der Waals surface area contributed by atoms with Crippen molar-refractivity contribution in [2.24, 2.45) is 5.92 Å². The first kappa shape index (κ1) is 13.7. The molecule has 0 aliphatic heterocycles. The van der Waals surface area contributed by atoms with E-state index in [0.717, 1.165) is 30.6 Å². The van der Waals surface area contributed by atoms with Crippen molar-refractivity contribution < 1.29 is 4.79 Å². The number of nitrogens with one attached hydrogen (secondary N) is 1. The van der Waals surface area contributed by atoms with Crippen molar-refractivity contribution in [3.63, 3.8) is 0 Å². The summed E-state index contributed by atoms with van der Waals surface area (Å²) < 4.78 is 0. The zero-order chi connectivity index (χ0) is 12.8. The van der Waals surface area contributed by atoms with Gasteiger partial charge in [0.05, 0.1) is 0 Å². The van der Waals surface area contributed by atoms with E-state index in [0.29, 0.717) is 11.6 Å². The highest BCUT2D eigenvalue weighted by Crippen LogP contribution is 2.07. The summed E-state index contributed by atoms with van der Waals surface area (Å²) in [7, 11) is 0. The largest absolute Gasteiger partial charge is 0.350 e. The van der Waals surface area contributed by atoms with Crippen LogP contribution < -0.4 is 5.32 Å². The lowest BCUT2D eigenvalue weighted by atomic mass is 10.0. The number of pyridine rings is 1. The van der Waals surface area contributed by atoms with E-state index in [4.69, 9.17) is 0 Å². The van der Waals surface area contributed by atoms with Crippen LogP contribution in [0.2, 0.25) is 0 Å². The molecule has 17 heavy (non-hydrogen) atoms. The first-order valence-corrected chi connectivity index (χ1v) is 6.30. The number of carbonyl (C=O) groups is 1. The van der Waals surface area contributed by atoms with Crippen LogP contribution in [0.1, 0.15) is 48.4 Å². The van der Waals surface area contributed by atoms with E-state index in [1.165, 1.54) is 0 Å². The van der Waals surface area contributed by atoms with Gasteiger partial charge < -0.3 is 5.32 Å². The maximum absolute atomic E-state index is 11.9. The van der Waals surface area contributed by atoms with Gasteiger partial charge >= 0.3 is 0 Å². The number of aryl methyl sites for hydroxylation is 2. The molecule has 0 atom stereocenters. The molecule has 0 aliphatic rings. The minimum atomic E-state index is -0.0660. The predicted octanol–water partition coefficient (Wildman–Crippen LogP) is 2.86. The van der Waals surface area contributed by atoms with Crippen molar-refractivity contribution in [3.05, 3.63) is 29.1 Å². The highest BCUT2D eigenvalue weighted by molar-refractivity contribution is 5.92. The zero-order valence-corrected chi connectivity index (χ0v) is 11.2. The summed E-state index contributed by atoms with van der Waals surface area (Å²) in [5.41, 5.74) is 2.48. The minimum absolute atomic E-state index is 0.0660. The van der Waals surface area contributed by atoms with Crippen molar-refractivity contribution in [1.82, 2.24) is 10.3 Å². The molecule has 0 fully saturated rings. The topological polar surface area (TPSA) is 42.0 Å². The van der Waals surface area contributed by atoms with Crippen molar-refractivity contribution >= 4 is 5.91 Å². The Kier molecular flexibility index (Phi) is 5.13. The second kappa shape index (κ2) is 6.38. The van der Waals surface area contributed by atoms with Gasteiger partial charge in [-0.1, -0.05) is 26.7 Å². The van der Waals surface area contributed by atoms with E-state index in [1.807, 2.05) is 26.0 Å². The Morgan fingerprint density at radius 1 is 1.29 bits per heavy atom. The SMILES string of the molecule is CCC(CC)CNC(=O)c1cc(C)cc(C)n1. The van der Waals surface area contributed by atoms with Crippen molar-refractivity contribution in [2.45, 2.75) is 40.5 Å². The highest BCUT2D eigenvalue weighted by atomic mass is 16.1. The first-order valence-electron chi connectivity index (χ1n) is 6.30. The second-order valence-electron chi connectivity index (χ2n) is 4.56. The van der Waals surface area contributed by atoms with E-state index < -0.39 is 0 Å². The molecule has 0 aliphatic carbocycles. The summed E-state index contributed by atoms with van der Waals surface area (Å²) in [6.45, 7) is 8.92. The summed E-state index contributed by atoms with van der Waals surface area (Å²) in [6.07, 6.45) is 2.19. The lowest BCUT2D eigenvalue weighted by Crippen LogP contribution is -2.29. The first-order chi connectivity index (χ1) is 8.06. The molecule has 0 unspecified atom stereocenters. The molecular formula is C14H22N2O. The predicted molar refractivity (Wildman–Crippen MR) is 70.1 cm³/mol. The third kappa shape index (κ3) is 4.17. The van der Waals surface area contributed by atoms with Crippen molar-refractivity contribution in [2.75, 3.05) is 6.54 Å². The number of nitrogens with zero attached hydrogens (tertiary/aromatic N) is 1. The molecule has 0 aromatic carbocycles. The Hall–Kier alpha value is -1.38. The Labute approximate surface area is 104 Å². The van der Waals surface area contributed by atoms with Crippen LogP contribution in [0.4, 0.5) is 0 Å². The van der Waals surface area contributed by atoms with Crippen LogP contribution in [0.25, 0.3) is 0 Å². The summed E-state index contributed by atoms with van der Waals surface area (Å²) in [6, 6.07) is 3.80. The average Bonchev–Trinajstić information content (AvgIpc) is 2.28. The van der Waals surface area contributed by atoms with Gasteiger partial charge in [-0.3, -0.25) is 4.79 Å². The van der Waals surface area contributed by atoms with E-state index in [-0.39, 0.29) is 5.91 Å². The Balaban J connectivity index is 2.63. The summed E-state index contributed by atoms with van der Waals surface area (Å²) in [5, 5.41) is 2.95. The van der Waals surface area contributed by atoms with Crippen LogP contribution in [0.5, 0.6) is 0 Å². The van der Waals surface area contributed by atoms with Gasteiger partial charge in [0, 0.05) is 12.2 Å². The number of amides is 1. The van der Waals surface area contributed by atoms with Gasteiger partial charge in [-0.25, -0.2) is 4.98 Å². The Morgan fingerprint density at radius 2 is 1.94 bits per heavy atom. The molecule has 1 amide bonds. The van der Waals surface area contributed by atoms with Crippen molar-refractivity contribution in [1.29, 1.82) is 0 Å². The zero-order valence-electron chi connectivity index (χ0n) is 11.2.